The van der Waals surface area contributed by atoms with Gasteiger partial charge in [0.25, 0.3) is 0 Å². The van der Waals surface area contributed by atoms with Crippen molar-refractivity contribution in [2.75, 3.05) is 27.7 Å². The van der Waals surface area contributed by atoms with Gasteiger partial charge in [-0.05, 0) is 32.3 Å². The minimum Gasteiger partial charge on any atom is -0.496 e. The maximum atomic E-state index is 12.2. The van der Waals surface area contributed by atoms with Crippen LogP contribution in [0.5, 0.6) is 5.75 Å². The van der Waals surface area contributed by atoms with Crippen LogP contribution in [-0.2, 0) is 16.1 Å². The number of benzene rings is 2. The summed E-state index contributed by atoms with van der Waals surface area (Å²) in [6.07, 6.45) is 0. The Morgan fingerprint density at radius 2 is 1.72 bits per heavy atom. The van der Waals surface area contributed by atoms with Crippen molar-refractivity contribution in [3.05, 3.63) is 65.9 Å². The molecule has 0 saturated carbocycles. The lowest BCUT2D eigenvalue weighted by Crippen LogP contribution is -2.42. The normalized spacial score (nSPS) is 12.0. The van der Waals surface area contributed by atoms with Crippen LogP contribution in [0.1, 0.15) is 17.4 Å². The molecule has 3 aromatic rings. The fraction of sp³-hybridized carbons (Fsp3) is 0.273. The number of likely N-dealkylation sites (N-methyl/N-ethyl adjacent to an activating group) is 1. The molecular formula is C22H25N3O4. The fourth-order valence-corrected chi connectivity index (χ4v) is 3.08. The van der Waals surface area contributed by atoms with Gasteiger partial charge in [0.05, 0.1) is 13.2 Å². The first-order chi connectivity index (χ1) is 14.0. The minimum atomic E-state index is -0.696. The molecule has 0 fully saturated rings. The summed E-state index contributed by atoms with van der Waals surface area (Å²) in [4.78, 5) is 26.4. The van der Waals surface area contributed by atoms with Crippen LogP contribution in [-0.4, -0.2) is 44.5 Å². The van der Waals surface area contributed by atoms with Crippen LogP contribution in [0.3, 0.4) is 0 Å². The number of nitrogens with one attached hydrogen (secondary N) is 2. The first-order valence-corrected chi connectivity index (χ1v) is 9.32. The number of hydrogen-bond acceptors (Lipinski definition) is 5. The van der Waals surface area contributed by atoms with E-state index in [2.05, 4.69) is 10.6 Å². The van der Waals surface area contributed by atoms with Gasteiger partial charge in [0, 0.05) is 24.0 Å². The van der Waals surface area contributed by atoms with Crippen LogP contribution in [0.4, 0.5) is 0 Å². The third-order valence-corrected chi connectivity index (χ3v) is 4.69. The summed E-state index contributed by atoms with van der Waals surface area (Å²) in [6.45, 7) is 0.449. The molecule has 0 aliphatic rings. The van der Waals surface area contributed by atoms with Crippen LogP contribution in [0.15, 0.2) is 59.0 Å². The average Bonchev–Trinajstić information content (AvgIpc) is 3.15. The van der Waals surface area contributed by atoms with E-state index in [-0.39, 0.29) is 19.1 Å². The molecule has 0 radical (unpaired) electrons. The van der Waals surface area contributed by atoms with Crippen molar-refractivity contribution in [3.8, 4) is 5.75 Å². The Hall–Kier alpha value is -3.32. The molecule has 1 atom stereocenters. The standard InChI is InChI=1S/C22H25N3O4/c1-25(2)17(20-12-15-8-4-7-11-19(15)29-20)14-24-22(27)21(26)23-13-16-9-5-6-10-18(16)28-3/h4-12,17H,13-14H2,1-3H3,(H,23,26)(H,24,27)/t17-/m1/s1. The number of furan rings is 1. The molecule has 152 valence electrons. The second kappa shape index (κ2) is 9.25. The summed E-state index contributed by atoms with van der Waals surface area (Å²) in [5.74, 6) is -0.00225. The average molecular weight is 395 g/mol. The molecule has 7 nitrogen and oxygen atoms in total. The number of amides is 2. The number of ether oxygens (including phenoxy) is 1. The zero-order chi connectivity index (χ0) is 20.8. The first kappa shape index (κ1) is 20.4. The summed E-state index contributed by atoms with van der Waals surface area (Å²) in [7, 11) is 5.35. The lowest BCUT2D eigenvalue weighted by atomic mass is 10.2. The Morgan fingerprint density at radius 3 is 2.45 bits per heavy atom. The number of methoxy groups -OCH3 is 1. The molecule has 1 aromatic heterocycles. The van der Waals surface area contributed by atoms with E-state index in [1.165, 1.54) is 0 Å². The van der Waals surface area contributed by atoms with Crippen molar-refractivity contribution in [2.45, 2.75) is 12.6 Å². The molecule has 7 heteroatoms. The topological polar surface area (TPSA) is 83.8 Å². The zero-order valence-electron chi connectivity index (χ0n) is 16.8. The SMILES string of the molecule is COc1ccccc1CNC(=O)C(=O)NC[C@H](c1cc2ccccc2o1)N(C)C. The summed E-state index contributed by atoms with van der Waals surface area (Å²) < 4.78 is 11.2. The lowest BCUT2D eigenvalue weighted by molar-refractivity contribution is -0.139. The molecular weight excluding hydrogens is 370 g/mol. The summed E-state index contributed by atoms with van der Waals surface area (Å²) in [5, 5.41) is 6.30. The molecule has 0 bridgehead atoms. The summed E-state index contributed by atoms with van der Waals surface area (Å²) in [6, 6.07) is 16.8. The maximum absolute atomic E-state index is 12.2. The number of nitrogens with zero attached hydrogens (tertiary/aromatic N) is 1. The predicted molar refractivity (Wildman–Crippen MR) is 110 cm³/mol. The maximum Gasteiger partial charge on any atom is 0.309 e. The molecule has 1 heterocycles. The number of rotatable bonds is 7. The van der Waals surface area contributed by atoms with Gasteiger partial charge in [-0.1, -0.05) is 36.4 Å². The molecule has 2 N–H and O–H groups in total. The zero-order valence-corrected chi connectivity index (χ0v) is 16.8. The highest BCUT2D eigenvalue weighted by atomic mass is 16.5. The van der Waals surface area contributed by atoms with E-state index < -0.39 is 11.8 Å². The number of fused-ring (bicyclic) bond motifs is 1. The Morgan fingerprint density at radius 1 is 1.03 bits per heavy atom. The van der Waals surface area contributed by atoms with Crippen molar-refractivity contribution in [2.24, 2.45) is 0 Å². The van der Waals surface area contributed by atoms with Gasteiger partial charge in [-0.3, -0.25) is 14.5 Å². The predicted octanol–water partition coefficient (Wildman–Crippen LogP) is 2.48. The quantitative estimate of drug-likeness (QED) is 0.601. The molecule has 0 unspecified atom stereocenters. The van der Waals surface area contributed by atoms with Crippen LogP contribution in [0, 0.1) is 0 Å². The molecule has 2 aromatic carbocycles. The van der Waals surface area contributed by atoms with Gasteiger partial charge in [-0.15, -0.1) is 0 Å². The van der Waals surface area contributed by atoms with E-state index >= 15 is 0 Å². The highest BCUT2D eigenvalue weighted by Crippen LogP contribution is 2.26. The van der Waals surface area contributed by atoms with Gasteiger partial charge < -0.3 is 19.8 Å². The summed E-state index contributed by atoms with van der Waals surface area (Å²) >= 11 is 0. The fourth-order valence-electron chi connectivity index (χ4n) is 3.08. The molecule has 2 amide bonds. The van der Waals surface area contributed by atoms with Gasteiger partial charge in [0.15, 0.2) is 0 Å². The van der Waals surface area contributed by atoms with Crippen LogP contribution in [0.2, 0.25) is 0 Å². The minimum absolute atomic E-state index is 0.201. The van der Waals surface area contributed by atoms with Gasteiger partial charge in [0.1, 0.15) is 17.1 Å². The largest absolute Gasteiger partial charge is 0.496 e. The van der Waals surface area contributed by atoms with E-state index in [0.717, 1.165) is 22.3 Å². The van der Waals surface area contributed by atoms with Crippen LogP contribution >= 0.6 is 0 Å². The molecule has 0 saturated heterocycles. The van der Waals surface area contributed by atoms with E-state index in [4.69, 9.17) is 9.15 Å². The Bertz CT molecular complexity index is 963. The monoisotopic (exact) mass is 395 g/mol. The number of para-hydroxylation sites is 2. The number of carbonyl (C=O) groups is 2. The molecule has 3 rings (SSSR count). The van der Waals surface area contributed by atoms with Gasteiger partial charge in [-0.25, -0.2) is 0 Å². The Balaban J connectivity index is 1.59. The molecule has 29 heavy (non-hydrogen) atoms. The first-order valence-electron chi connectivity index (χ1n) is 9.32. The van der Waals surface area contributed by atoms with Crippen molar-refractivity contribution in [1.29, 1.82) is 0 Å². The molecule has 0 aliphatic carbocycles. The third kappa shape index (κ3) is 4.94. The van der Waals surface area contributed by atoms with Crippen molar-refractivity contribution in [1.82, 2.24) is 15.5 Å². The second-order valence-corrected chi connectivity index (χ2v) is 6.87. The Kier molecular flexibility index (Phi) is 6.51. The molecule has 0 aliphatic heterocycles. The lowest BCUT2D eigenvalue weighted by Gasteiger charge is -2.22. The van der Waals surface area contributed by atoms with Crippen molar-refractivity contribution >= 4 is 22.8 Å². The number of carbonyl (C=O) groups excluding carboxylic acids is 2. The Labute approximate surface area is 169 Å². The van der Waals surface area contributed by atoms with Gasteiger partial charge in [-0.2, -0.15) is 0 Å². The van der Waals surface area contributed by atoms with Crippen molar-refractivity contribution < 1.29 is 18.7 Å². The van der Waals surface area contributed by atoms with Crippen LogP contribution < -0.4 is 15.4 Å². The third-order valence-electron chi connectivity index (χ3n) is 4.69. The van der Waals surface area contributed by atoms with E-state index in [9.17, 15) is 9.59 Å². The summed E-state index contributed by atoms with van der Waals surface area (Å²) in [5.41, 5.74) is 1.58. The van der Waals surface area contributed by atoms with E-state index in [0.29, 0.717) is 5.75 Å². The van der Waals surface area contributed by atoms with Crippen LogP contribution in [0.25, 0.3) is 11.0 Å². The van der Waals surface area contributed by atoms with Crippen molar-refractivity contribution in [3.63, 3.8) is 0 Å². The van der Waals surface area contributed by atoms with Gasteiger partial charge in [0.2, 0.25) is 0 Å². The highest BCUT2D eigenvalue weighted by Gasteiger charge is 2.22. The number of hydrogen-bond donors (Lipinski definition) is 2. The highest BCUT2D eigenvalue weighted by molar-refractivity contribution is 6.35. The van der Waals surface area contributed by atoms with E-state index in [1.807, 2.05) is 67.5 Å². The second-order valence-electron chi connectivity index (χ2n) is 6.87. The van der Waals surface area contributed by atoms with Gasteiger partial charge >= 0.3 is 11.8 Å². The smallest absolute Gasteiger partial charge is 0.309 e. The molecule has 0 spiro atoms. The van der Waals surface area contributed by atoms with E-state index in [1.54, 1.807) is 13.2 Å².